The van der Waals surface area contributed by atoms with Crippen LogP contribution in [0, 0.1) is 0 Å². The number of nitrogens with zero attached hydrogens (tertiary/aromatic N) is 2. The van der Waals surface area contributed by atoms with Crippen molar-refractivity contribution in [1.29, 1.82) is 0 Å². The summed E-state index contributed by atoms with van der Waals surface area (Å²) in [4.78, 5) is 39.2. The average molecular weight is 431 g/mol. The second-order valence-corrected chi connectivity index (χ2v) is 7.08. The Bertz CT molecular complexity index is 937. The van der Waals surface area contributed by atoms with Crippen LogP contribution in [0.3, 0.4) is 0 Å². The van der Waals surface area contributed by atoms with Gasteiger partial charge in [0.2, 0.25) is 11.0 Å². The summed E-state index contributed by atoms with van der Waals surface area (Å²) in [6.07, 6.45) is -0.142. The maximum Gasteiger partial charge on any atom is 0.269 e. The standard InChI is InChI=1S/C20H19ClN4O3S/c1-2-22-17(26)12-16-19(28)24(15-6-4-3-5-7-15)20(29)25(16)23-18(27)13-8-10-14(21)11-9-13/h3-11,16H,2,12H2,1H3,(H,22,26)(H,23,27). The number of benzene rings is 2. The van der Waals surface area contributed by atoms with E-state index in [1.165, 1.54) is 9.91 Å². The maximum atomic E-state index is 13.1. The number of amides is 3. The molecular formula is C20H19ClN4O3S. The van der Waals surface area contributed by atoms with Gasteiger partial charge in [0.05, 0.1) is 12.1 Å². The van der Waals surface area contributed by atoms with Crippen LogP contribution in [-0.2, 0) is 9.59 Å². The Morgan fingerprint density at radius 1 is 1.10 bits per heavy atom. The van der Waals surface area contributed by atoms with E-state index in [0.29, 0.717) is 22.8 Å². The molecule has 3 rings (SSSR count). The highest BCUT2D eigenvalue weighted by molar-refractivity contribution is 7.80. The van der Waals surface area contributed by atoms with Gasteiger partial charge >= 0.3 is 0 Å². The Morgan fingerprint density at radius 3 is 2.38 bits per heavy atom. The van der Waals surface area contributed by atoms with E-state index in [9.17, 15) is 14.4 Å². The largest absolute Gasteiger partial charge is 0.356 e. The molecule has 9 heteroatoms. The van der Waals surface area contributed by atoms with E-state index < -0.39 is 11.9 Å². The van der Waals surface area contributed by atoms with E-state index in [1.807, 2.05) is 6.07 Å². The van der Waals surface area contributed by atoms with Crippen LogP contribution in [-0.4, -0.2) is 40.4 Å². The summed E-state index contributed by atoms with van der Waals surface area (Å²) in [5.74, 6) is -1.16. The molecule has 1 unspecified atom stereocenters. The Morgan fingerprint density at radius 2 is 1.76 bits per heavy atom. The molecule has 2 aromatic rings. The van der Waals surface area contributed by atoms with Crippen LogP contribution >= 0.6 is 23.8 Å². The van der Waals surface area contributed by atoms with E-state index in [2.05, 4.69) is 10.7 Å². The SMILES string of the molecule is CCNC(=O)CC1C(=O)N(c2ccccc2)C(=S)N1NC(=O)c1ccc(Cl)cc1. The van der Waals surface area contributed by atoms with Crippen molar-refractivity contribution in [2.75, 3.05) is 11.4 Å². The smallest absolute Gasteiger partial charge is 0.269 e. The Labute approximate surface area is 178 Å². The number of anilines is 1. The number of rotatable bonds is 6. The minimum atomic E-state index is -0.953. The highest BCUT2D eigenvalue weighted by atomic mass is 35.5. The average Bonchev–Trinajstić information content (AvgIpc) is 2.93. The number of hydrogen-bond acceptors (Lipinski definition) is 4. The van der Waals surface area contributed by atoms with E-state index in [4.69, 9.17) is 23.8 Å². The van der Waals surface area contributed by atoms with Gasteiger partial charge in [-0.15, -0.1) is 0 Å². The van der Waals surface area contributed by atoms with Crippen LogP contribution in [0.25, 0.3) is 0 Å². The van der Waals surface area contributed by atoms with Crippen molar-refractivity contribution in [3.8, 4) is 0 Å². The van der Waals surface area contributed by atoms with Crippen molar-refractivity contribution in [2.24, 2.45) is 0 Å². The van der Waals surface area contributed by atoms with Crippen molar-refractivity contribution in [2.45, 2.75) is 19.4 Å². The van der Waals surface area contributed by atoms with Crippen molar-refractivity contribution in [3.05, 3.63) is 65.2 Å². The summed E-state index contributed by atoms with van der Waals surface area (Å²) < 4.78 is 0. The van der Waals surface area contributed by atoms with Gasteiger partial charge in [-0.3, -0.25) is 24.7 Å². The molecule has 0 aromatic heterocycles. The van der Waals surface area contributed by atoms with Crippen LogP contribution in [0.2, 0.25) is 5.02 Å². The normalized spacial score (nSPS) is 16.1. The first kappa shape index (κ1) is 20.8. The predicted octanol–water partition coefficient (Wildman–Crippen LogP) is 2.51. The lowest BCUT2D eigenvalue weighted by molar-refractivity contribution is -0.127. The summed E-state index contributed by atoms with van der Waals surface area (Å²) in [5.41, 5.74) is 3.57. The van der Waals surface area contributed by atoms with Crippen molar-refractivity contribution in [1.82, 2.24) is 15.8 Å². The summed E-state index contributed by atoms with van der Waals surface area (Å²) in [6.45, 7) is 2.22. The molecule has 1 atom stereocenters. The van der Waals surface area contributed by atoms with Gasteiger partial charge in [-0.2, -0.15) is 0 Å². The number of hydrogen-bond donors (Lipinski definition) is 2. The number of halogens is 1. The molecule has 0 saturated carbocycles. The maximum absolute atomic E-state index is 13.1. The number of para-hydroxylation sites is 1. The fourth-order valence-corrected chi connectivity index (χ4v) is 3.43. The van der Waals surface area contributed by atoms with Gasteiger partial charge in [0.25, 0.3) is 11.8 Å². The van der Waals surface area contributed by atoms with Gasteiger partial charge in [0, 0.05) is 17.1 Å². The lowest BCUT2D eigenvalue weighted by atomic mass is 10.1. The van der Waals surface area contributed by atoms with Crippen LogP contribution in [0.1, 0.15) is 23.7 Å². The molecule has 2 N–H and O–H groups in total. The van der Waals surface area contributed by atoms with Gasteiger partial charge in [-0.05, 0) is 55.5 Å². The molecule has 0 aliphatic carbocycles. The van der Waals surface area contributed by atoms with Gasteiger partial charge in [0.1, 0.15) is 6.04 Å². The van der Waals surface area contributed by atoms with Gasteiger partial charge < -0.3 is 5.32 Å². The first-order valence-electron chi connectivity index (χ1n) is 8.97. The summed E-state index contributed by atoms with van der Waals surface area (Å²) >= 11 is 11.3. The Kier molecular flexibility index (Phi) is 6.46. The summed E-state index contributed by atoms with van der Waals surface area (Å²) in [6, 6.07) is 14.2. The minimum absolute atomic E-state index is 0.0952. The number of carbonyl (C=O) groups is 3. The molecule has 1 heterocycles. The Balaban J connectivity index is 1.88. The third kappa shape index (κ3) is 4.55. The summed E-state index contributed by atoms with van der Waals surface area (Å²) in [5, 5.41) is 4.54. The molecular weight excluding hydrogens is 412 g/mol. The molecule has 1 aliphatic rings. The number of carbonyl (C=O) groups excluding carboxylic acids is 3. The van der Waals surface area contributed by atoms with E-state index >= 15 is 0 Å². The molecule has 3 amide bonds. The topological polar surface area (TPSA) is 81.8 Å². The number of hydrazine groups is 1. The van der Waals surface area contributed by atoms with E-state index in [-0.39, 0.29) is 23.3 Å². The van der Waals surface area contributed by atoms with Gasteiger partial charge in [-0.25, -0.2) is 5.01 Å². The predicted molar refractivity (Wildman–Crippen MR) is 114 cm³/mol. The first-order chi connectivity index (χ1) is 13.9. The van der Waals surface area contributed by atoms with Crippen LogP contribution < -0.4 is 15.6 Å². The van der Waals surface area contributed by atoms with Gasteiger partial charge in [0.15, 0.2) is 0 Å². The molecule has 0 bridgehead atoms. The lowest BCUT2D eigenvalue weighted by Crippen LogP contribution is -2.50. The van der Waals surface area contributed by atoms with Crippen molar-refractivity contribution >= 4 is 52.3 Å². The van der Waals surface area contributed by atoms with Crippen molar-refractivity contribution in [3.63, 3.8) is 0 Å². The van der Waals surface area contributed by atoms with Gasteiger partial charge in [-0.1, -0.05) is 29.8 Å². The molecule has 1 fully saturated rings. The molecule has 2 aromatic carbocycles. The molecule has 150 valence electrons. The molecule has 0 spiro atoms. The van der Waals surface area contributed by atoms with Crippen LogP contribution in [0.5, 0.6) is 0 Å². The van der Waals surface area contributed by atoms with Crippen LogP contribution in [0.15, 0.2) is 54.6 Å². The summed E-state index contributed by atoms with van der Waals surface area (Å²) in [7, 11) is 0. The lowest BCUT2D eigenvalue weighted by Gasteiger charge is -2.24. The molecule has 7 nitrogen and oxygen atoms in total. The fraction of sp³-hybridized carbons (Fsp3) is 0.200. The highest BCUT2D eigenvalue weighted by Gasteiger charge is 2.45. The monoisotopic (exact) mass is 430 g/mol. The first-order valence-corrected chi connectivity index (χ1v) is 9.76. The minimum Gasteiger partial charge on any atom is -0.356 e. The zero-order chi connectivity index (χ0) is 21.0. The molecule has 1 saturated heterocycles. The fourth-order valence-electron chi connectivity index (χ4n) is 2.93. The third-order valence-corrected chi connectivity index (χ3v) is 4.94. The number of nitrogens with one attached hydrogen (secondary N) is 2. The van der Waals surface area contributed by atoms with Crippen LogP contribution in [0.4, 0.5) is 5.69 Å². The van der Waals surface area contributed by atoms with Crippen molar-refractivity contribution < 1.29 is 14.4 Å². The molecule has 0 radical (unpaired) electrons. The van der Waals surface area contributed by atoms with E-state index in [1.54, 1.807) is 55.5 Å². The zero-order valence-electron chi connectivity index (χ0n) is 15.6. The second kappa shape index (κ2) is 9.02. The second-order valence-electron chi connectivity index (χ2n) is 6.28. The Hall–Kier alpha value is -2.97. The molecule has 1 aliphatic heterocycles. The molecule has 29 heavy (non-hydrogen) atoms. The number of thiocarbonyl (C=S) groups is 1. The highest BCUT2D eigenvalue weighted by Crippen LogP contribution is 2.26. The zero-order valence-corrected chi connectivity index (χ0v) is 17.2. The third-order valence-electron chi connectivity index (χ3n) is 4.31. The van der Waals surface area contributed by atoms with E-state index in [0.717, 1.165) is 0 Å². The quantitative estimate of drug-likeness (QED) is 0.688.